The average Bonchev–Trinajstić information content (AvgIpc) is 3.02. The fourth-order valence-corrected chi connectivity index (χ4v) is 3.15. The SMILES string of the molecule is CC(C)C(CC(=O)NCc1ncc2ccccn12)c1ccc(Cl)cc1. The van der Waals surface area contributed by atoms with Crippen LogP contribution in [-0.4, -0.2) is 15.3 Å². The van der Waals surface area contributed by atoms with Gasteiger partial charge in [-0.15, -0.1) is 0 Å². The van der Waals surface area contributed by atoms with E-state index >= 15 is 0 Å². The van der Waals surface area contributed by atoms with E-state index in [0.29, 0.717) is 23.9 Å². The zero-order valence-electron chi connectivity index (χ0n) is 14.4. The van der Waals surface area contributed by atoms with Crippen molar-refractivity contribution in [3.63, 3.8) is 0 Å². The Morgan fingerprint density at radius 2 is 1.96 bits per heavy atom. The second-order valence-electron chi connectivity index (χ2n) is 6.55. The zero-order chi connectivity index (χ0) is 17.8. The number of rotatable bonds is 6. The maximum absolute atomic E-state index is 12.5. The number of nitrogens with zero attached hydrogens (tertiary/aromatic N) is 2. The summed E-state index contributed by atoms with van der Waals surface area (Å²) >= 11 is 5.97. The first-order chi connectivity index (χ1) is 12.0. The molecule has 0 fully saturated rings. The summed E-state index contributed by atoms with van der Waals surface area (Å²) in [5.41, 5.74) is 2.16. The van der Waals surface area contributed by atoms with Crippen molar-refractivity contribution in [3.05, 3.63) is 71.3 Å². The van der Waals surface area contributed by atoms with Gasteiger partial charge in [0.2, 0.25) is 5.91 Å². The molecule has 0 aliphatic heterocycles. The van der Waals surface area contributed by atoms with Gasteiger partial charge in [0.15, 0.2) is 0 Å². The molecule has 2 heterocycles. The van der Waals surface area contributed by atoms with Gasteiger partial charge in [-0.1, -0.05) is 43.6 Å². The minimum atomic E-state index is 0.0290. The van der Waals surface area contributed by atoms with Gasteiger partial charge in [0.1, 0.15) is 5.82 Å². The van der Waals surface area contributed by atoms with Gasteiger partial charge in [0.05, 0.1) is 18.3 Å². The van der Waals surface area contributed by atoms with Crippen LogP contribution in [0, 0.1) is 5.92 Å². The van der Waals surface area contributed by atoms with Gasteiger partial charge in [0, 0.05) is 17.6 Å². The van der Waals surface area contributed by atoms with Gasteiger partial charge in [0.25, 0.3) is 0 Å². The van der Waals surface area contributed by atoms with Crippen molar-refractivity contribution in [2.45, 2.75) is 32.7 Å². The molecule has 0 bridgehead atoms. The number of carbonyl (C=O) groups is 1. The molecule has 4 nitrogen and oxygen atoms in total. The number of benzene rings is 1. The molecule has 1 aromatic carbocycles. The molecule has 0 radical (unpaired) electrons. The van der Waals surface area contributed by atoms with E-state index in [1.165, 1.54) is 0 Å². The molecular weight excluding hydrogens is 334 g/mol. The van der Waals surface area contributed by atoms with Gasteiger partial charge in [-0.25, -0.2) is 4.98 Å². The number of carbonyl (C=O) groups excluding carboxylic acids is 1. The third kappa shape index (κ3) is 4.20. The lowest BCUT2D eigenvalue weighted by Crippen LogP contribution is -2.26. The van der Waals surface area contributed by atoms with Crippen LogP contribution in [0.4, 0.5) is 0 Å². The van der Waals surface area contributed by atoms with E-state index in [-0.39, 0.29) is 11.8 Å². The summed E-state index contributed by atoms with van der Waals surface area (Å²) in [5.74, 6) is 1.38. The van der Waals surface area contributed by atoms with Crippen molar-refractivity contribution in [1.29, 1.82) is 0 Å². The maximum Gasteiger partial charge on any atom is 0.220 e. The second kappa shape index (κ2) is 7.70. The number of fused-ring (bicyclic) bond motifs is 1. The zero-order valence-corrected chi connectivity index (χ0v) is 15.2. The van der Waals surface area contributed by atoms with E-state index in [1.54, 1.807) is 0 Å². The molecule has 0 aliphatic carbocycles. The van der Waals surface area contributed by atoms with Crippen LogP contribution < -0.4 is 5.32 Å². The highest BCUT2D eigenvalue weighted by Crippen LogP contribution is 2.28. The summed E-state index contributed by atoms with van der Waals surface area (Å²) in [6.07, 6.45) is 4.21. The number of hydrogen-bond donors (Lipinski definition) is 1. The molecule has 1 unspecified atom stereocenters. The van der Waals surface area contributed by atoms with Crippen molar-refractivity contribution >= 4 is 23.0 Å². The number of nitrogens with one attached hydrogen (secondary N) is 1. The molecule has 0 saturated heterocycles. The topological polar surface area (TPSA) is 46.4 Å². The van der Waals surface area contributed by atoms with Gasteiger partial charge in [-0.2, -0.15) is 0 Å². The Bertz CT molecular complexity index is 855. The Kier molecular flexibility index (Phi) is 5.39. The van der Waals surface area contributed by atoms with Crippen molar-refractivity contribution in [1.82, 2.24) is 14.7 Å². The summed E-state index contributed by atoms with van der Waals surface area (Å²) in [7, 11) is 0. The van der Waals surface area contributed by atoms with Crippen LogP contribution in [0.15, 0.2) is 54.9 Å². The van der Waals surface area contributed by atoms with E-state index in [0.717, 1.165) is 16.9 Å². The molecule has 5 heteroatoms. The minimum absolute atomic E-state index is 0.0290. The van der Waals surface area contributed by atoms with Gasteiger partial charge in [-0.05, 0) is 41.7 Å². The Morgan fingerprint density at radius 1 is 1.20 bits per heavy atom. The lowest BCUT2D eigenvalue weighted by atomic mass is 9.85. The number of amides is 1. The highest BCUT2D eigenvalue weighted by molar-refractivity contribution is 6.30. The Balaban J connectivity index is 1.65. The van der Waals surface area contributed by atoms with Crippen LogP contribution in [0.3, 0.4) is 0 Å². The fourth-order valence-electron chi connectivity index (χ4n) is 3.03. The Hall–Kier alpha value is -2.33. The van der Waals surface area contributed by atoms with Gasteiger partial charge in [-0.3, -0.25) is 4.79 Å². The number of imidazole rings is 1. The highest BCUT2D eigenvalue weighted by Gasteiger charge is 2.19. The molecule has 1 amide bonds. The molecule has 0 aliphatic rings. The van der Waals surface area contributed by atoms with Crippen LogP contribution >= 0.6 is 11.6 Å². The Labute approximate surface area is 152 Å². The third-order valence-electron chi connectivity index (χ3n) is 4.47. The van der Waals surface area contributed by atoms with Crippen molar-refractivity contribution in [2.75, 3.05) is 0 Å². The van der Waals surface area contributed by atoms with Crippen molar-refractivity contribution in [3.8, 4) is 0 Å². The molecular formula is C20H22ClN3O. The van der Waals surface area contributed by atoms with Crippen LogP contribution in [-0.2, 0) is 11.3 Å². The third-order valence-corrected chi connectivity index (χ3v) is 4.72. The van der Waals surface area contributed by atoms with Crippen LogP contribution in [0.5, 0.6) is 0 Å². The standard InChI is InChI=1S/C20H22ClN3O/c1-14(2)18(15-6-8-16(21)9-7-15)11-20(25)23-13-19-22-12-17-5-3-4-10-24(17)19/h3-10,12,14,18H,11,13H2,1-2H3,(H,23,25). The first-order valence-corrected chi connectivity index (χ1v) is 8.85. The van der Waals surface area contributed by atoms with Gasteiger partial charge < -0.3 is 9.72 Å². The van der Waals surface area contributed by atoms with Crippen LogP contribution in [0.1, 0.15) is 37.6 Å². The van der Waals surface area contributed by atoms with Gasteiger partial charge >= 0.3 is 0 Å². The second-order valence-corrected chi connectivity index (χ2v) is 6.99. The smallest absolute Gasteiger partial charge is 0.220 e. The summed E-state index contributed by atoms with van der Waals surface area (Å²) in [4.78, 5) is 16.8. The molecule has 25 heavy (non-hydrogen) atoms. The molecule has 3 aromatic rings. The molecule has 2 aromatic heterocycles. The molecule has 1 atom stereocenters. The lowest BCUT2D eigenvalue weighted by Gasteiger charge is -2.21. The van der Waals surface area contributed by atoms with E-state index in [1.807, 2.05) is 59.3 Å². The van der Waals surface area contributed by atoms with Crippen LogP contribution in [0.2, 0.25) is 5.02 Å². The monoisotopic (exact) mass is 355 g/mol. The van der Waals surface area contributed by atoms with Crippen molar-refractivity contribution < 1.29 is 4.79 Å². The molecule has 1 N–H and O–H groups in total. The molecule has 3 rings (SSSR count). The summed E-state index contributed by atoms with van der Waals surface area (Å²) in [5, 5.41) is 3.71. The summed E-state index contributed by atoms with van der Waals surface area (Å²) in [6, 6.07) is 13.7. The number of halogens is 1. The summed E-state index contributed by atoms with van der Waals surface area (Å²) < 4.78 is 1.99. The molecule has 0 spiro atoms. The number of hydrogen-bond acceptors (Lipinski definition) is 2. The minimum Gasteiger partial charge on any atom is -0.349 e. The predicted octanol–water partition coefficient (Wildman–Crippen LogP) is 4.43. The molecule has 0 saturated carbocycles. The fraction of sp³-hybridized carbons (Fsp3) is 0.300. The highest BCUT2D eigenvalue weighted by atomic mass is 35.5. The predicted molar refractivity (Wildman–Crippen MR) is 101 cm³/mol. The molecule has 130 valence electrons. The van der Waals surface area contributed by atoms with E-state index in [4.69, 9.17) is 11.6 Å². The average molecular weight is 356 g/mol. The van der Waals surface area contributed by atoms with E-state index < -0.39 is 0 Å². The largest absolute Gasteiger partial charge is 0.349 e. The van der Waals surface area contributed by atoms with E-state index in [9.17, 15) is 4.79 Å². The Morgan fingerprint density at radius 3 is 2.68 bits per heavy atom. The maximum atomic E-state index is 12.5. The van der Waals surface area contributed by atoms with E-state index in [2.05, 4.69) is 24.1 Å². The van der Waals surface area contributed by atoms with Crippen LogP contribution in [0.25, 0.3) is 5.52 Å². The normalized spacial score (nSPS) is 12.5. The van der Waals surface area contributed by atoms with Crippen molar-refractivity contribution in [2.24, 2.45) is 5.92 Å². The first kappa shape index (κ1) is 17.5. The number of pyridine rings is 1. The first-order valence-electron chi connectivity index (χ1n) is 8.47. The summed E-state index contributed by atoms with van der Waals surface area (Å²) in [6.45, 7) is 4.69. The quantitative estimate of drug-likeness (QED) is 0.710. The number of aromatic nitrogens is 2. The lowest BCUT2D eigenvalue weighted by molar-refractivity contribution is -0.121.